The lowest BCUT2D eigenvalue weighted by Crippen LogP contribution is -2.48. The van der Waals surface area contributed by atoms with Gasteiger partial charge < -0.3 is 4.90 Å². The smallest absolute Gasteiger partial charge is 0.226 e. The Hall–Kier alpha value is -1.40. The highest BCUT2D eigenvalue weighted by molar-refractivity contribution is 7.88. The van der Waals surface area contributed by atoms with Gasteiger partial charge in [0.2, 0.25) is 15.9 Å². The van der Waals surface area contributed by atoms with Gasteiger partial charge in [-0.15, -0.1) is 0 Å². The second kappa shape index (κ2) is 6.61. The van der Waals surface area contributed by atoms with Crippen molar-refractivity contribution in [2.75, 3.05) is 19.3 Å². The minimum absolute atomic E-state index is 0.0406. The molecule has 0 unspecified atom stereocenters. The second-order valence-electron chi connectivity index (χ2n) is 6.70. The van der Waals surface area contributed by atoms with Crippen molar-refractivity contribution in [2.24, 2.45) is 5.92 Å². The lowest BCUT2D eigenvalue weighted by atomic mass is 9.83. The average Bonchev–Trinajstić information content (AvgIpc) is 2.53. The Morgan fingerprint density at radius 1 is 1.13 bits per heavy atom. The molecule has 0 radical (unpaired) electrons. The van der Waals surface area contributed by atoms with E-state index in [-0.39, 0.29) is 17.9 Å². The summed E-state index contributed by atoms with van der Waals surface area (Å²) in [5.41, 5.74) is 2.67. The van der Waals surface area contributed by atoms with Gasteiger partial charge >= 0.3 is 0 Å². The maximum absolute atomic E-state index is 12.7. The van der Waals surface area contributed by atoms with E-state index < -0.39 is 10.0 Å². The summed E-state index contributed by atoms with van der Waals surface area (Å²) in [6.07, 6.45) is 5.29. The van der Waals surface area contributed by atoms with Crippen LogP contribution in [0.2, 0.25) is 0 Å². The zero-order chi connectivity index (χ0) is 16.4. The SMILES string of the molecule is CS(=O)(=O)NC1CCN(C(=O)[C@H]2CCc3ccccc3C2)CC1. The van der Waals surface area contributed by atoms with E-state index in [0.29, 0.717) is 25.9 Å². The van der Waals surface area contributed by atoms with Gasteiger partial charge in [0, 0.05) is 25.0 Å². The summed E-state index contributed by atoms with van der Waals surface area (Å²) in [7, 11) is -3.17. The number of aryl methyl sites for hydroxylation is 1. The molecule has 3 rings (SSSR count). The first-order valence-electron chi connectivity index (χ1n) is 8.25. The van der Waals surface area contributed by atoms with Gasteiger partial charge in [-0.1, -0.05) is 24.3 Å². The molecular formula is C17H24N2O3S. The van der Waals surface area contributed by atoms with E-state index in [2.05, 4.69) is 22.9 Å². The van der Waals surface area contributed by atoms with E-state index in [4.69, 9.17) is 0 Å². The third-order valence-electron chi connectivity index (χ3n) is 4.88. The van der Waals surface area contributed by atoms with E-state index in [1.807, 2.05) is 11.0 Å². The molecule has 0 bridgehead atoms. The standard InChI is InChI=1S/C17H24N2O3S/c1-23(21,22)18-16-8-10-19(11-9-16)17(20)15-7-6-13-4-2-3-5-14(13)12-15/h2-5,15-16,18H,6-12H2,1H3/t15-/m0/s1. The van der Waals surface area contributed by atoms with Gasteiger partial charge in [-0.3, -0.25) is 4.79 Å². The topological polar surface area (TPSA) is 66.5 Å². The van der Waals surface area contributed by atoms with Gasteiger partial charge in [0.15, 0.2) is 0 Å². The molecule has 1 saturated heterocycles. The fourth-order valence-corrected chi connectivity index (χ4v) is 4.53. The van der Waals surface area contributed by atoms with Crippen LogP contribution in [0.5, 0.6) is 0 Å². The Morgan fingerprint density at radius 3 is 2.43 bits per heavy atom. The quantitative estimate of drug-likeness (QED) is 0.906. The molecule has 1 N–H and O–H groups in total. The summed E-state index contributed by atoms with van der Waals surface area (Å²) in [5, 5.41) is 0. The lowest BCUT2D eigenvalue weighted by molar-refractivity contribution is -0.137. The summed E-state index contributed by atoms with van der Waals surface area (Å²) in [4.78, 5) is 14.7. The number of fused-ring (bicyclic) bond motifs is 1. The lowest BCUT2D eigenvalue weighted by Gasteiger charge is -2.35. The number of carbonyl (C=O) groups excluding carboxylic acids is 1. The van der Waals surface area contributed by atoms with Crippen LogP contribution in [0.25, 0.3) is 0 Å². The summed E-state index contributed by atoms with van der Waals surface area (Å²) in [6.45, 7) is 1.29. The van der Waals surface area contributed by atoms with Gasteiger partial charge in [-0.2, -0.15) is 0 Å². The number of nitrogens with zero attached hydrogens (tertiary/aromatic N) is 1. The first-order valence-corrected chi connectivity index (χ1v) is 10.1. The van der Waals surface area contributed by atoms with E-state index in [1.165, 1.54) is 17.4 Å². The fraction of sp³-hybridized carbons (Fsp3) is 0.588. The molecule has 1 amide bonds. The van der Waals surface area contributed by atoms with Crippen LogP contribution >= 0.6 is 0 Å². The van der Waals surface area contributed by atoms with Crippen molar-refractivity contribution < 1.29 is 13.2 Å². The molecule has 1 atom stereocenters. The van der Waals surface area contributed by atoms with Crippen LogP contribution in [0.3, 0.4) is 0 Å². The van der Waals surface area contributed by atoms with Gasteiger partial charge in [0.05, 0.1) is 6.26 Å². The molecule has 1 aromatic carbocycles. The molecule has 5 nitrogen and oxygen atoms in total. The van der Waals surface area contributed by atoms with Crippen molar-refractivity contribution in [3.8, 4) is 0 Å². The van der Waals surface area contributed by atoms with Crippen LogP contribution in [-0.4, -0.2) is 44.6 Å². The Labute approximate surface area is 138 Å². The minimum atomic E-state index is -3.17. The molecule has 126 valence electrons. The summed E-state index contributed by atoms with van der Waals surface area (Å²) < 4.78 is 25.2. The van der Waals surface area contributed by atoms with Crippen LogP contribution < -0.4 is 4.72 Å². The molecule has 0 aromatic heterocycles. The van der Waals surface area contributed by atoms with Gasteiger partial charge in [0.1, 0.15) is 0 Å². The largest absolute Gasteiger partial charge is 0.342 e. The number of sulfonamides is 1. The van der Waals surface area contributed by atoms with Crippen molar-refractivity contribution in [1.29, 1.82) is 0 Å². The number of hydrogen-bond donors (Lipinski definition) is 1. The molecule has 0 saturated carbocycles. The molecule has 23 heavy (non-hydrogen) atoms. The van der Waals surface area contributed by atoms with Gasteiger partial charge in [0.25, 0.3) is 0 Å². The maximum atomic E-state index is 12.7. The first kappa shape index (κ1) is 16.5. The van der Waals surface area contributed by atoms with Crippen molar-refractivity contribution in [1.82, 2.24) is 9.62 Å². The zero-order valence-electron chi connectivity index (χ0n) is 13.5. The molecule has 1 fully saturated rings. The number of hydrogen-bond acceptors (Lipinski definition) is 3. The van der Waals surface area contributed by atoms with Crippen LogP contribution in [0, 0.1) is 5.92 Å². The van der Waals surface area contributed by atoms with Crippen molar-refractivity contribution in [2.45, 2.75) is 38.1 Å². The van der Waals surface area contributed by atoms with Crippen molar-refractivity contribution in [3.05, 3.63) is 35.4 Å². The van der Waals surface area contributed by atoms with E-state index >= 15 is 0 Å². The summed E-state index contributed by atoms with van der Waals surface area (Å²) in [5.74, 6) is 0.307. The van der Waals surface area contributed by atoms with Gasteiger partial charge in [-0.05, 0) is 43.2 Å². The monoisotopic (exact) mass is 336 g/mol. The third kappa shape index (κ3) is 4.12. The number of nitrogens with one attached hydrogen (secondary N) is 1. The van der Waals surface area contributed by atoms with Crippen molar-refractivity contribution >= 4 is 15.9 Å². The van der Waals surface area contributed by atoms with Gasteiger partial charge in [-0.25, -0.2) is 13.1 Å². The molecule has 1 aliphatic carbocycles. The number of rotatable bonds is 3. The predicted molar refractivity (Wildman–Crippen MR) is 89.5 cm³/mol. The normalized spacial score (nSPS) is 22.7. The summed E-state index contributed by atoms with van der Waals surface area (Å²) >= 11 is 0. The Morgan fingerprint density at radius 2 is 1.78 bits per heavy atom. The molecular weight excluding hydrogens is 312 g/mol. The second-order valence-corrected chi connectivity index (χ2v) is 8.48. The Balaban J connectivity index is 1.56. The average molecular weight is 336 g/mol. The maximum Gasteiger partial charge on any atom is 0.226 e. The highest BCUT2D eigenvalue weighted by Gasteiger charge is 2.31. The van der Waals surface area contributed by atoms with Crippen LogP contribution in [-0.2, 0) is 27.7 Å². The highest BCUT2D eigenvalue weighted by atomic mass is 32.2. The molecule has 2 aliphatic rings. The number of likely N-dealkylation sites (tertiary alicyclic amines) is 1. The highest BCUT2D eigenvalue weighted by Crippen LogP contribution is 2.27. The number of carbonyl (C=O) groups is 1. The molecule has 1 aromatic rings. The number of amides is 1. The number of piperidine rings is 1. The van der Waals surface area contributed by atoms with Crippen LogP contribution in [0.4, 0.5) is 0 Å². The molecule has 1 aliphatic heterocycles. The molecule has 0 spiro atoms. The van der Waals surface area contributed by atoms with Crippen LogP contribution in [0.15, 0.2) is 24.3 Å². The zero-order valence-corrected chi connectivity index (χ0v) is 14.3. The first-order chi connectivity index (χ1) is 10.9. The van der Waals surface area contributed by atoms with Crippen LogP contribution in [0.1, 0.15) is 30.4 Å². The Kier molecular flexibility index (Phi) is 4.73. The van der Waals surface area contributed by atoms with E-state index in [1.54, 1.807) is 0 Å². The van der Waals surface area contributed by atoms with E-state index in [0.717, 1.165) is 19.3 Å². The predicted octanol–water partition coefficient (Wildman–Crippen LogP) is 1.33. The number of benzene rings is 1. The fourth-order valence-electron chi connectivity index (χ4n) is 3.69. The third-order valence-corrected chi connectivity index (χ3v) is 5.64. The summed E-state index contributed by atoms with van der Waals surface area (Å²) in [6, 6.07) is 8.32. The molecule has 1 heterocycles. The molecule has 6 heteroatoms. The minimum Gasteiger partial charge on any atom is -0.342 e. The Bertz CT molecular complexity index is 679. The van der Waals surface area contributed by atoms with E-state index in [9.17, 15) is 13.2 Å². The van der Waals surface area contributed by atoms with Crippen molar-refractivity contribution in [3.63, 3.8) is 0 Å².